The van der Waals surface area contributed by atoms with Crippen LogP contribution in [0.5, 0.6) is 5.75 Å². The summed E-state index contributed by atoms with van der Waals surface area (Å²) >= 11 is 0. The zero-order chi connectivity index (χ0) is 8.27. The first-order valence-electron chi connectivity index (χ1n) is 3.54. The van der Waals surface area contributed by atoms with Gasteiger partial charge < -0.3 is 9.72 Å². The molecule has 0 aliphatic heterocycles. The summed E-state index contributed by atoms with van der Waals surface area (Å²) in [6.45, 7) is 1.97. The molecule has 0 saturated carbocycles. The van der Waals surface area contributed by atoms with Crippen LogP contribution in [0.4, 0.5) is 0 Å². The summed E-state index contributed by atoms with van der Waals surface area (Å²) in [6, 6.07) is 1.46. The van der Waals surface area contributed by atoms with E-state index in [-0.39, 0.29) is 5.43 Å². The standard InChI is InChI=1S/C8H11NO2/c1-3-6-8(11-2)7(10)4-5-9-6/h4-5H,3H2,1-2H3,(H,9,10). The van der Waals surface area contributed by atoms with Crippen LogP contribution in [0.2, 0.25) is 0 Å². The van der Waals surface area contributed by atoms with Gasteiger partial charge in [-0.25, -0.2) is 0 Å². The van der Waals surface area contributed by atoms with Gasteiger partial charge in [0.1, 0.15) is 0 Å². The molecule has 11 heavy (non-hydrogen) atoms. The number of aromatic amines is 1. The first kappa shape index (κ1) is 7.85. The number of rotatable bonds is 2. The maximum Gasteiger partial charge on any atom is 0.223 e. The van der Waals surface area contributed by atoms with Crippen molar-refractivity contribution in [3.63, 3.8) is 0 Å². The van der Waals surface area contributed by atoms with Crippen molar-refractivity contribution in [2.24, 2.45) is 0 Å². The van der Waals surface area contributed by atoms with Crippen molar-refractivity contribution >= 4 is 0 Å². The van der Waals surface area contributed by atoms with E-state index in [1.807, 2.05) is 6.92 Å². The Bertz CT molecular complexity index is 290. The lowest BCUT2D eigenvalue weighted by Crippen LogP contribution is -2.07. The Kier molecular flexibility index (Phi) is 2.31. The lowest BCUT2D eigenvalue weighted by atomic mass is 10.2. The molecule has 3 heteroatoms. The smallest absolute Gasteiger partial charge is 0.223 e. The molecule has 0 saturated heterocycles. The molecular formula is C8H11NO2. The third kappa shape index (κ3) is 1.42. The molecular weight excluding hydrogens is 142 g/mol. The van der Waals surface area contributed by atoms with E-state index >= 15 is 0 Å². The minimum atomic E-state index is -0.0666. The van der Waals surface area contributed by atoms with Crippen LogP contribution in [0.25, 0.3) is 0 Å². The minimum absolute atomic E-state index is 0.0666. The first-order chi connectivity index (χ1) is 5.29. The SMILES string of the molecule is CCc1[nH]ccc(=O)c1OC. The summed E-state index contributed by atoms with van der Waals surface area (Å²) in [5.74, 6) is 0.426. The molecule has 1 heterocycles. The maximum atomic E-state index is 11.1. The van der Waals surface area contributed by atoms with Gasteiger partial charge in [0.05, 0.1) is 12.8 Å². The predicted octanol–water partition coefficient (Wildman–Crippen LogP) is 0.946. The molecule has 0 aliphatic rings. The number of hydrogen-bond acceptors (Lipinski definition) is 2. The molecule has 0 atom stereocenters. The van der Waals surface area contributed by atoms with Crippen molar-refractivity contribution < 1.29 is 4.74 Å². The van der Waals surface area contributed by atoms with Gasteiger partial charge in [-0.15, -0.1) is 0 Å². The number of ether oxygens (including phenoxy) is 1. The first-order valence-corrected chi connectivity index (χ1v) is 3.54. The van der Waals surface area contributed by atoms with E-state index in [9.17, 15) is 4.79 Å². The molecule has 1 N–H and O–H groups in total. The normalized spacial score (nSPS) is 9.64. The number of H-pyrrole nitrogens is 1. The molecule has 3 nitrogen and oxygen atoms in total. The van der Waals surface area contributed by atoms with Gasteiger partial charge in [-0.1, -0.05) is 6.92 Å². The zero-order valence-corrected chi connectivity index (χ0v) is 6.68. The molecule has 0 unspecified atom stereocenters. The van der Waals surface area contributed by atoms with E-state index in [0.717, 1.165) is 12.1 Å². The Hall–Kier alpha value is -1.25. The van der Waals surface area contributed by atoms with Crippen molar-refractivity contribution in [3.05, 3.63) is 28.2 Å². The molecule has 0 aromatic carbocycles. The monoisotopic (exact) mass is 153 g/mol. The highest BCUT2D eigenvalue weighted by molar-refractivity contribution is 5.26. The Morgan fingerprint density at radius 2 is 2.36 bits per heavy atom. The predicted molar refractivity (Wildman–Crippen MR) is 43.0 cm³/mol. The van der Waals surface area contributed by atoms with Gasteiger partial charge in [-0.2, -0.15) is 0 Å². The van der Waals surface area contributed by atoms with Crippen LogP contribution < -0.4 is 10.2 Å². The molecule has 1 aromatic rings. The van der Waals surface area contributed by atoms with E-state index < -0.39 is 0 Å². The van der Waals surface area contributed by atoms with Crippen LogP contribution in [-0.2, 0) is 6.42 Å². The zero-order valence-electron chi connectivity index (χ0n) is 6.68. The van der Waals surface area contributed by atoms with Crippen molar-refractivity contribution in [1.82, 2.24) is 4.98 Å². The van der Waals surface area contributed by atoms with Crippen LogP contribution in [0, 0.1) is 0 Å². The molecule has 0 fully saturated rings. The molecule has 0 spiro atoms. The van der Waals surface area contributed by atoms with Gasteiger partial charge in [-0.05, 0) is 6.42 Å². The third-order valence-electron chi connectivity index (χ3n) is 1.55. The molecule has 0 radical (unpaired) electrons. The number of nitrogens with one attached hydrogen (secondary N) is 1. The number of aryl methyl sites for hydroxylation is 1. The minimum Gasteiger partial charge on any atom is -0.491 e. The van der Waals surface area contributed by atoms with Crippen molar-refractivity contribution in [2.75, 3.05) is 7.11 Å². The van der Waals surface area contributed by atoms with E-state index in [2.05, 4.69) is 4.98 Å². The average molecular weight is 153 g/mol. The third-order valence-corrected chi connectivity index (χ3v) is 1.55. The van der Waals surface area contributed by atoms with Crippen molar-refractivity contribution in [2.45, 2.75) is 13.3 Å². The molecule has 0 amide bonds. The number of pyridine rings is 1. The fourth-order valence-electron chi connectivity index (χ4n) is 0.994. The Balaban J connectivity index is 3.24. The van der Waals surface area contributed by atoms with Crippen LogP contribution in [0.15, 0.2) is 17.1 Å². The second-order valence-corrected chi connectivity index (χ2v) is 2.21. The van der Waals surface area contributed by atoms with Gasteiger partial charge in [0.15, 0.2) is 5.75 Å². The van der Waals surface area contributed by atoms with Crippen LogP contribution in [0.1, 0.15) is 12.6 Å². The highest BCUT2D eigenvalue weighted by atomic mass is 16.5. The van der Waals surface area contributed by atoms with Crippen LogP contribution in [0.3, 0.4) is 0 Å². The Morgan fingerprint density at radius 3 is 2.82 bits per heavy atom. The van der Waals surface area contributed by atoms with Crippen molar-refractivity contribution in [3.8, 4) is 5.75 Å². The van der Waals surface area contributed by atoms with Gasteiger partial charge >= 0.3 is 0 Å². The quantitative estimate of drug-likeness (QED) is 0.687. The van der Waals surface area contributed by atoms with Crippen LogP contribution in [-0.4, -0.2) is 12.1 Å². The molecule has 0 bridgehead atoms. The summed E-state index contributed by atoms with van der Waals surface area (Å²) in [4.78, 5) is 14.0. The topological polar surface area (TPSA) is 42.1 Å². The van der Waals surface area contributed by atoms with E-state index in [1.54, 1.807) is 6.20 Å². The second-order valence-electron chi connectivity index (χ2n) is 2.21. The fraction of sp³-hybridized carbons (Fsp3) is 0.375. The summed E-state index contributed by atoms with van der Waals surface area (Å²) in [7, 11) is 1.50. The molecule has 1 aromatic heterocycles. The van der Waals surface area contributed by atoms with Gasteiger partial charge in [-0.3, -0.25) is 4.79 Å². The molecule has 60 valence electrons. The van der Waals surface area contributed by atoms with Gasteiger partial charge in [0.25, 0.3) is 0 Å². The highest BCUT2D eigenvalue weighted by Gasteiger charge is 2.03. The fourth-order valence-corrected chi connectivity index (χ4v) is 0.994. The Morgan fingerprint density at radius 1 is 1.64 bits per heavy atom. The van der Waals surface area contributed by atoms with Gasteiger partial charge in [0, 0.05) is 12.3 Å². The number of aromatic nitrogens is 1. The molecule has 1 rings (SSSR count). The second kappa shape index (κ2) is 3.23. The lowest BCUT2D eigenvalue weighted by molar-refractivity contribution is 0.403. The Labute approximate surface area is 65.0 Å². The van der Waals surface area contributed by atoms with E-state index in [4.69, 9.17) is 4.74 Å². The highest BCUT2D eigenvalue weighted by Crippen LogP contribution is 2.08. The number of methoxy groups -OCH3 is 1. The van der Waals surface area contributed by atoms with E-state index in [1.165, 1.54) is 13.2 Å². The maximum absolute atomic E-state index is 11.1. The molecule has 0 aliphatic carbocycles. The summed E-state index contributed by atoms with van der Waals surface area (Å²) in [6.07, 6.45) is 2.41. The summed E-state index contributed by atoms with van der Waals surface area (Å²) in [5, 5.41) is 0. The largest absolute Gasteiger partial charge is 0.491 e. The van der Waals surface area contributed by atoms with Gasteiger partial charge in [0.2, 0.25) is 5.43 Å². The van der Waals surface area contributed by atoms with Crippen molar-refractivity contribution in [1.29, 1.82) is 0 Å². The average Bonchev–Trinajstić information content (AvgIpc) is 2.04. The van der Waals surface area contributed by atoms with E-state index in [0.29, 0.717) is 5.75 Å². The summed E-state index contributed by atoms with van der Waals surface area (Å²) in [5.41, 5.74) is 0.781. The van der Waals surface area contributed by atoms with Crippen LogP contribution >= 0.6 is 0 Å². The summed E-state index contributed by atoms with van der Waals surface area (Å²) < 4.78 is 4.92. The number of hydrogen-bond donors (Lipinski definition) is 1. The lowest BCUT2D eigenvalue weighted by Gasteiger charge is -2.03.